The summed E-state index contributed by atoms with van der Waals surface area (Å²) in [6.45, 7) is 8.88. The van der Waals surface area contributed by atoms with Crippen LogP contribution in [0.3, 0.4) is 0 Å². The highest BCUT2D eigenvalue weighted by molar-refractivity contribution is 5.84. The highest BCUT2D eigenvalue weighted by atomic mass is 16.6. The van der Waals surface area contributed by atoms with Gasteiger partial charge >= 0.3 is 6.09 Å². The van der Waals surface area contributed by atoms with Crippen molar-refractivity contribution in [2.75, 3.05) is 14.2 Å². The van der Waals surface area contributed by atoms with Gasteiger partial charge < -0.3 is 19.9 Å². The number of amides is 1. The van der Waals surface area contributed by atoms with Crippen molar-refractivity contribution in [1.29, 1.82) is 0 Å². The fourth-order valence-corrected chi connectivity index (χ4v) is 3.67. The molecule has 6 heteroatoms. The Balaban J connectivity index is 1.73. The molecular weight excluding hydrogens is 416 g/mol. The van der Waals surface area contributed by atoms with Gasteiger partial charge in [-0.05, 0) is 72.5 Å². The van der Waals surface area contributed by atoms with E-state index < -0.39 is 6.09 Å². The number of fused-ring (bicyclic) bond motifs is 1. The molecule has 0 bridgehead atoms. The Morgan fingerprint density at radius 1 is 1.06 bits per heavy atom. The zero-order valence-corrected chi connectivity index (χ0v) is 19.6. The molecule has 2 aromatic carbocycles. The van der Waals surface area contributed by atoms with Crippen LogP contribution in [0.15, 0.2) is 84.3 Å². The first kappa shape index (κ1) is 23.7. The van der Waals surface area contributed by atoms with Gasteiger partial charge in [0.2, 0.25) is 0 Å². The van der Waals surface area contributed by atoms with Crippen LogP contribution in [0.1, 0.15) is 30.5 Å². The summed E-state index contributed by atoms with van der Waals surface area (Å²) in [5.41, 5.74) is 11.5. The predicted octanol–water partition coefficient (Wildman–Crippen LogP) is 5.56. The molecule has 33 heavy (non-hydrogen) atoms. The minimum absolute atomic E-state index is 0.396. The molecule has 6 nitrogen and oxygen atoms in total. The quantitative estimate of drug-likeness (QED) is 0.445. The first-order valence-corrected chi connectivity index (χ1v) is 10.6. The van der Waals surface area contributed by atoms with Crippen molar-refractivity contribution in [2.45, 2.75) is 26.9 Å². The molecule has 0 fully saturated rings. The number of nitrogens with zero attached hydrogens (tertiary/aromatic N) is 1. The van der Waals surface area contributed by atoms with Gasteiger partial charge in [0, 0.05) is 24.9 Å². The number of hydrogen-bond donors (Lipinski definition) is 1. The monoisotopic (exact) mass is 446 g/mol. The number of methoxy groups -OCH3 is 2. The number of carbonyl (C=O) groups excluding carboxylic acids is 1. The SMILES string of the molecule is C=C(C)C(=C\C(=C/C)OC)/C(=C\N)c1ccc(OC(=O)N2Cc3ccc(OC)cc3C2)cc1. The minimum Gasteiger partial charge on any atom is -0.497 e. The van der Waals surface area contributed by atoms with E-state index in [0.717, 1.165) is 39.2 Å². The summed E-state index contributed by atoms with van der Waals surface area (Å²) >= 11 is 0. The van der Waals surface area contributed by atoms with E-state index in [4.69, 9.17) is 19.9 Å². The first-order valence-electron chi connectivity index (χ1n) is 10.6. The Bertz CT molecular complexity index is 1130. The molecule has 0 atom stereocenters. The van der Waals surface area contributed by atoms with Gasteiger partial charge in [0.15, 0.2) is 0 Å². The zero-order chi connectivity index (χ0) is 24.0. The summed E-state index contributed by atoms with van der Waals surface area (Å²) in [6, 6.07) is 13.1. The molecule has 0 radical (unpaired) electrons. The Kier molecular flexibility index (Phi) is 7.61. The molecule has 0 unspecified atom stereocenters. The van der Waals surface area contributed by atoms with Crippen molar-refractivity contribution >= 4 is 11.7 Å². The summed E-state index contributed by atoms with van der Waals surface area (Å²) in [5.74, 6) is 1.95. The minimum atomic E-state index is -0.396. The van der Waals surface area contributed by atoms with Crippen LogP contribution < -0.4 is 15.2 Å². The average Bonchev–Trinajstić information content (AvgIpc) is 3.26. The van der Waals surface area contributed by atoms with Gasteiger partial charge in [-0.25, -0.2) is 4.79 Å². The van der Waals surface area contributed by atoms with Crippen molar-refractivity contribution < 1.29 is 19.0 Å². The number of hydrogen-bond acceptors (Lipinski definition) is 5. The van der Waals surface area contributed by atoms with E-state index in [1.807, 2.05) is 56.3 Å². The molecule has 1 amide bonds. The van der Waals surface area contributed by atoms with Gasteiger partial charge in [0.25, 0.3) is 0 Å². The maximum absolute atomic E-state index is 12.7. The summed E-state index contributed by atoms with van der Waals surface area (Å²) in [7, 11) is 3.25. The van der Waals surface area contributed by atoms with Gasteiger partial charge in [-0.15, -0.1) is 0 Å². The molecule has 2 N–H and O–H groups in total. The number of benzene rings is 2. The van der Waals surface area contributed by atoms with Crippen LogP contribution in [0.5, 0.6) is 11.5 Å². The van der Waals surface area contributed by atoms with Gasteiger partial charge in [-0.2, -0.15) is 0 Å². The molecular formula is C27H30N2O4. The van der Waals surface area contributed by atoms with Crippen molar-refractivity contribution in [3.8, 4) is 11.5 Å². The van der Waals surface area contributed by atoms with E-state index in [0.29, 0.717) is 24.6 Å². The van der Waals surface area contributed by atoms with E-state index in [1.54, 1.807) is 37.5 Å². The smallest absolute Gasteiger partial charge is 0.415 e. The third-order valence-electron chi connectivity index (χ3n) is 5.49. The second-order valence-electron chi connectivity index (χ2n) is 7.70. The van der Waals surface area contributed by atoms with Crippen LogP contribution in [-0.2, 0) is 17.8 Å². The number of rotatable bonds is 7. The average molecular weight is 447 g/mol. The number of allylic oxidation sites excluding steroid dienone is 5. The fraction of sp³-hybridized carbons (Fsp3) is 0.222. The summed E-state index contributed by atoms with van der Waals surface area (Å²) in [6.07, 6.45) is 4.91. The lowest BCUT2D eigenvalue weighted by atomic mass is 9.93. The highest BCUT2D eigenvalue weighted by Crippen LogP contribution is 2.31. The van der Waals surface area contributed by atoms with E-state index in [9.17, 15) is 4.79 Å². The van der Waals surface area contributed by atoms with Crippen LogP contribution in [0.4, 0.5) is 4.79 Å². The standard InChI is InChI=1S/C27H30N2O4/c1-6-22(31-4)14-25(18(2)3)26(15-28)19-7-10-23(11-8-19)33-27(30)29-16-20-9-12-24(32-5)13-21(20)17-29/h6-15H,2,16-17,28H2,1,3-5H3/b22-6+,25-14+,26-15-. The lowest BCUT2D eigenvalue weighted by Crippen LogP contribution is -2.28. The second kappa shape index (κ2) is 10.6. The van der Waals surface area contributed by atoms with E-state index >= 15 is 0 Å². The maximum atomic E-state index is 12.7. The molecule has 172 valence electrons. The highest BCUT2D eigenvalue weighted by Gasteiger charge is 2.25. The van der Waals surface area contributed by atoms with E-state index in [2.05, 4.69) is 6.58 Å². The van der Waals surface area contributed by atoms with Gasteiger partial charge in [-0.3, -0.25) is 4.90 Å². The Morgan fingerprint density at radius 2 is 1.73 bits per heavy atom. The fourth-order valence-electron chi connectivity index (χ4n) is 3.67. The third kappa shape index (κ3) is 5.47. The van der Waals surface area contributed by atoms with Crippen LogP contribution in [-0.4, -0.2) is 25.2 Å². The molecule has 0 aliphatic carbocycles. The van der Waals surface area contributed by atoms with Crippen LogP contribution in [0, 0.1) is 0 Å². The molecule has 1 aliphatic rings. The van der Waals surface area contributed by atoms with E-state index in [1.165, 1.54) is 0 Å². The molecule has 0 aromatic heterocycles. The first-order chi connectivity index (χ1) is 15.9. The molecule has 0 saturated carbocycles. The van der Waals surface area contributed by atoms with Crippen molar-refractivity contribution in [2.24, 2.45) is 5.73 Å². The molecule has 3 rings (SSSR count). The molecule has 1 heterocycles. The summed E-state index contributed by atoms with van der Waals surface area (Å²) < 4.78 is 16.2. The van der Waals surface area contributed by atoms with Gasteiger partial charge in [-0.1, -0.05) is 30.4 Å². The van der Waals surface area contributed by atoms with Gasteiger partial charge in [0.05, 0.1) is 14.2 Å². The molecule has 1 aliphatic heterocycles. The number of nitrogens with two attached hydrogens (primary N) is 1. The number of ether oxygens (including phenoxy) is 3. The lowest BCUT2D eigenvalue weighted by Gasteiger charge is -2.16. The Hall–Kier alpha value is -3.93. The normalized spacial score (nSPS) is 14.1. The lowest BCUT2D eigenvalue weighted by molar-refractivity contribution is 0.152. The summed E-state index contributed by atoms with van der Waals surface area (Å²) in [4.78, 5) is 14.4. The van der Waals surface area contributed by atoms with Crippen LogP contribution in [0.25, 0.3) is 5.57 Å². The zero-order valence-electron chi connectivity index (χ0n) is 19.6. The number of carbonyl (C=O) groups is 1. The van der Waals surface area contributed by atoms with Gasteiger partial charge in [0.1, 0.15) is 17.3 Å². The van der Waals surface area contributed by atoms with E-state index in [-0.39, 0.29) is 0 Å². The maximum Gasteiger partial charge on any atom is 0.415 e. The second-order valence-corrected chi connectivity index (χ2v) is 7.70. The largest absolute Gasteiger partial charge is 0.497 e. The molecule has 0 saturated heterocycles. The van der Waals surface area contributed by atoms with Crippen LogP contribution in [0.2, 0.25) is 0 Å². The van der Waals surface area contributed by atoms with Crippen LogP contribution >= 0.6 is 0 Å². The van der Waals surface area contributed by atoms with Crippen molar-refractivity contribution in [1.82, 2.24) is 4.90 Å². The Labute approximate surface area is 195 Å². The third-order valence-corrected chi connectivity index (χ3v) is 5.49. The molecule has 0 spiro atoms. The Morgan fingerprint density at radius 3 is 2.30 bits per heavy atom. The predicted molar refractivity (Wildman–Crippen MR) is 131 cm³/mol. The van der Waals surface area contributed by atoms with Crippen molar-refractivity contribution in [3.05, 3.63) is 101 Å². The summed E-state index contributed by atoms with van der Waals surface area (Å²) in [5, 5.41) is 0. The molecule has 2 aromatic rings. The topological polar surface area (TPSA) is 74.0 Å². The van der Waals surface area contributed by atoms with Crippen molar-refractivity contribution in [3.63, 3.8) is 0 Å².